The molecule has 5 heteroatoms. The van der Waals surface area contributed by atoms with E-state index < -0.39 is 0 Å². The molecule has 1 heterocycles. The van der Waals surface area contributed by atoms with Gasteiger partial charge in [0, 0.05) is 26.2 Å². The molecule has 0 amide bonds. The molecule has 19 heavy (non-hydrogen) atoms. The summed E-state index contributed by atoms with van der Waals surface area (Å²) in [6.45, 7) is 8.53. The Hall–Kier alpha value is -0.200. The monoisotopic (exact) mass is 274 g/mol. The highest BCUT2D eigenvalue weighted by atomic mass is 16.5. The maximum absolute atomic E-state index is 5.84. The minimum atomic E-state index is 0.533. The van der Waals surface area contributed by atoms with E-state index in [4.69, 9.17) is 19.9 Å². The molecule has 0 aromatic carbocycles. The molecule has 0 aromatic heterocycles. The zero-order valence-electron chi connectivity index (χ0n) is 12.5. The van der Waals surface area contributed by atoms with Crippen LogP contribution in [0.1, 0.15) is 19.8 Å². The van der Waals surface area contributed by atoms with Gasteiger partial charge >= 0.3 is 0 Å². The van der Waals surface area contributed by atoms with Gasteiger partial charge in [-0.15, -0.1) is 0 Å². The average molecular weight is 274 g/mol. The predicted octanol–water partition coefficient (Wildman–Crippen LogP) is 0.725. The number of piperidine rings is 1. The van der Waals surface area contributed by atoms with Crippen molar-refractivity contribution in [2.75, 3.05) is 59.8 Å². The summed E-state index contributed by atoms with van der Waals surface area (Å²) >= 11 is 0. The van der Waals surface area contributed by atoms with E-state index in [2.05, 4.69) is 11.8 Å². The lowest BCUT2D eigenvalue weighted by atomic mass is 9.92. The maximum atomic E-state index is 5.84. The molecule has 5 nitrogen and oxygen atoms in total. The highest BCUT2D eigenvalue weighted by molar-refractivity contribution is 4.80. The zero-order valence-corrected chi connectivity index (χ0v) is 12.5. The van der Waals surface area contributed by atoms with E-state index >= 15 is 0 Å². The SMILES string of the molecule is COCCOCCOCCN1CCC(C)CC1CN. The number of ether oxygens (including phenoxy) is 3. The number of methoxy groups -OCH3 is 1. The van der Waals surface area contributed by atoms with Gasteiger partial charge < -0.3 is 19.9 Å². The van der Waals surface area contributed by atoms with Gasteiger partial charge in [-0.1, -0.05) is 6.92 Å². The van der Waals surface area contributed by atoms with Crippen LogP contribution in [-0.2, 0) is 14.2 Å². The molecule has 0 saturated carbocycles. The van der Waals surface area contributed by atoms with Crippen molar-refractivity contribution in [1.82, 2.24) is 4.90 Å². The predicted molar refractivity (Wildman–Crippen MR) is 76.3 cm³/mol. The zero-order chi connectivity index (χ0) is 13.9. The highest BCUT2D eigenvalue weighted by Gasteiger charge is 2.24. The van der Waals surface area contributed by atoms with Crippen LogP contribution in [0, 0.1) is 5.92 Å². The lowest BCUT2D eigenvalue weighted by Gasteiger charge is -2.37. The first-order valence-corrected chi connectivity index (χ1v) is 7.36. The Bertz CT molecular complexity index is 217. The number of nitrogens with zero attached hydrogens (tertiary/aromatic N) is 1. The quantitative estimate of drug-likeness (QED) is 0.595. The van der Waals surface area contributed by atoms with Crippen molar-refractivity contribution < 1.29 is 14.2 Å². The lowest BCUT2D eigenvalue weighted by Crippen LogP contribution is -2.47. The van der Waals surface area contributed by atoms with Crippen LogP contribution in [0.3, 0.4) is 0 Å². The molecule has 2 unspecified atom stereocenters. The number of nitrogens with two attached hydrogens (primary N) is 1. The summed E-state index contributed by atoms with van der Waals surface area (Å²) in [5, 5.41) is 0. The number of hydrogen-bond donors (Lipinski definition) is 1. The molecule has 0 aliphatic carbocycles. The Kier molecular flexibility index (Phi) is 9.38. The van der Waals surface area contributed by atoms with Gasteiger partial charge in [-0.3, -0.25) is 4.90 Å². The normalized spacial score (nSPS) is 24.8. The summed E-state index contributed by atoms with van der Waals surface area (Å²) in [6.07, 6.45) is 2.49. The molecule has 1 saturated heterocycles. The van der Waals surface area contributed by atoms with Crippen molar-refractivity contribution in [3.63, 3.8) is 0 Å². The summed E-state index contributed by atoms with van der Waals surface area (Å²) < 4.78 is 15.8. The fourth-order valence-corrected chi connectivity index (χ4v) is 2.49. The Morgan fingerprint density at radius 1 is 1.11 bits per heavy atom. The summed E-state index contributed by atoms with van der Waals surface area (Å²) in [5.41, 5.74) is 5.84. The van der Waals surface area contributed by atoms with Gasteiger partial charge in [0.05, 0.1) is 33.0 Å². The van der Waals surface area contributed by atoms with Gasteiger partial charge in [0.25, 0.3) is 0 Å². The van der Waals surface area contributed by atoms with Gasteiger partial charge in [-0.2, -0.15) is 0 Å². The van der Waals surface area contributed by atoms with E-state index in [1.807, 2.05) is 0 Å². The molecule has 1 rings (SSSR count). The molecule has 2 N–H and O–H groups in total. The van der Waals surface area contributed by atoms with Crippen molar-refractivity contribution in [3.8, 4) is 0 Å². The van der Waals surface area contributed by atoms with Crippen LogP contribution < -0.4 is 5.73 Å². The standard InChI is InChI=1S/C14H30N2O3/c1-13-3-4-16(14(11-13)12-15)5-6-18-9-10-19-8-7-17-2/h13-14H,3-12,15H2,1-2H3. The van der Waals surface area contributed by atoms with E-state index in [0.717, 1.165) is 32.2 Å². The second-order valence-corrected chi connectivity index (χ2v) is 5.27. The highest BCUT2D eigenvalue weighted by Crippen LogP contribution is 2.21. The molecule has 1 fully saturated rings. The Labute approximate surface area is 117 Å². The molecule has 0 bridgehead atoms. The molecule has 1 aliphatic rings. The van der Waals surface area contributed by atoms with Crippen LogP contribution in [-0.4, -0.2) is 70.7 Å². The third-order valence-electron chi connectivity index (χ3n) is 3.70. The maximum Gasteiger partial charge on any atom is 0.0701 e. The minimum absolute atomic E-state index is 0.533. The molecule has 114 valence electrons. The summed E-state index contributed by atoms with van der Waals surface area (Å²) in [5.74, 6) is 0.805. The Morgan fingerprint density at radius 2 is 1.79 bits per heavy atom. The third kappa shape index (κ3) is 7.22. The van der Waals surface area contributed by atoms with Crippen LogP contribution in [0.5, 0.6) is 0 Å². The van der Waals surface area contributed by atoms with Gasteiger partial charge in [0.2, 0.25) is 0 Å². The molecular weight excluding hydrogens is 244 g/mol. The topological polar surface area (TPSA) is 57.0 Å². The van der Waals surface area contributed by atoms with Crippen LogP contribution in [0.25, 0.3) is 0 Å². The largest absolute Gasteiger partial charge is 0.382 e. The molecule has 1 aliphatic heterocycles. The smallest absolute Gasteiger partial charge is 0.0701 e. The first-order valence-electron chi connectivity index (χ1n) is 7.36. The van der Waals surface area contributed by atoms with Gasteiger partial charge in [0.1, 0.15) is 0 Å². The summed E-state index contributed by atoms with van der Waals surface area (Å²) in [6, 6.07) is 0.533. The molecule has 0 aromatic rings. The van der Waals surface area contributed by atoms with Gasteiger partial charge in [-0.05, 0) is 25.3 Å². The first kappa shape index (κ1) is 16.9. The van der Waals surface area contributed by atoms with E-state index in [-0.39, 0.29) is 0 Å². The van der Waals surface area contributed by atoms with Crippen molar-refractivity contribution >= 4 is 0 Å². The fourth-order valence-electron chi connectivity index (χ4n) is 2.49. The van der Waals surface area contributed by atoms with Crippen molar-refractivity contribution in [2.45, 2.75) is 25.8 Å². The second kappa shape index (κ2) is 10.6. The molecule has 0 radical (unpaired) electrons. The van der Waals surface area contributed by atoms with Crippen molar-refractivity contribution in [1.29, 1.82) is 0 Å². The summed E-state index contributed by atoms with van der Waals surface area (Å²) in [7, 11) is 1.67. The van der Waals surface area contributed by atoms with E-state index in [9.17, 15) is 0 Å². The van der Waals surface area contributed by atoms with Gasteiger partial charge in [0.15, 0.2) is 0 Å². The number of hydrogen-bond acceptors (Lipinski definition) is 5. The van der Waals surface area contributed by atoms with E-state index in [1.54, 1.807) is 7.11 Å². The Morgan fingerprint density at radius 3 is 2.47 bits per heavy atom. The van der Waals surface area contributed by atoms with E-state index in [0.29, 0.717) is 32.5 Å². The summed E-state index contributed by atoms with van der Waals surface area (Å²) in [4.78, 5) is 2.46. The van der Waals surface area contributed by atoms with Crippen LogP contribution in [0.4, 0.5) is 0 Å². The molecule has 2 atom stereocenters. The average Bonchev–Trinajstić information content (AvgIpc) is 2.43. The molecular formula is C14H30N2O3. The first-order chi connectivity index (χ1) is 9.27. The second-order valence-electron chi connectivity index (χ2n) is 5.27. The van der Waals surface area contributed by atoms with Gasteiger partial charge in [-0.25, -0.2) is 0 Å². The van der Waals surface area contributed by atoms with Crippen LogP contribution in [0.15, 0.2) is 0 Å². The molecule has 0 spiro atoms. The lowest BCUT2D eigenvalue weighted by molar-refractivity contribution is 0.0121. The van der Waals surface area contributed by atoms with E-state index in [1.165, 1.54) is 12.8 Å². The fraction of sp³-hybridized carbons (Fsp3) is 1.00. The number of likely N-dealkylation sites (tertiary alicyclic amines) is 1. The minimum Gasteiger partial charge on any atom is -0.382 e. The third-order valence-corrected chi connectivity index (χ3v) is 3.70. The van der Waals surface area contributed by atoms with Crippen LogP contribution in [0.2, 0.25) is 0 Å². The van der Waals surface area contributed by atoms with Crippen molar-refractivity contribution in [2.24, 2.45) is 11.7 Å². The Balaban J connectivity index is 1.99. The number of rotatable bonds is 10. The van der Waals surface area contributed by atoms with Crippen LogP contribution >= 0.6 is 0 Å². The van der Waals surface area contributed by atoms with Crippen molar-refractivity contribution in [3.05, 3.63) is 0 Å².